The fraction of sp³-hybridized carbons (Fsp3) is 0.0667. The molecule has 0 aliphatic rings. The lowest BCUT2D eigenvalue weighted by Crippen LogP contribution is -2.25. The lowest BCUT2D eigenvalue weighted by molar-refractivity contribution is 0.627. The number of rotatable bonds is 8. The van der Waals surface area contributed by atoms with Gasteiger partial charge in [0.25, 0.3) is 11.1 Å². The summed E-state index contributed by atoms with van der Waals surface area (Å²) in [6.45, 7) is 0. The van der Waals surface area contributed by atoms with Crippen LogP contribution in [0.1, 0.15) is 22.8 Å². The molecule has 0 radical (unpaired) electrons. The van der Waals surface area contributed by atoms with E-state index in [4.69, 9.17) is 56.4 Å². The van der Waals surface area contributed by atoms with Crippen LogP contribution in [0.5, 0.6) is 0 Å². The van der Waals surface area contributed by atoms with Gasteiger partial charge in [-0.1, -0.05) is 70.7 Å². The molecular formula is C45H30Cl4F2N6O2. The largest absolute Gasteiger partial charge is 0.310 e. The molecule has 0 spiro atoms. The molecule has 8 rings (SSSR count). The van der Waals surface area contributed by atoms with Gasteiger partial charge >= 0.3 is 0 Å². The standard InChI is InChI=1S/C23H16Cl2FN3O.C22H14Cl2FN3O/c1-29-20(12-14-10-17(24)13-18(25)11-14)28-22(16-6-8-27-9-7-16)21(23(29)30)15-2-4-19(26)5-3-15;23-16-9-13(10-17(24)12-16)11-19-27-21(15-5-7-26-8-6-15)20(22(29)28-19)14-1-3-18(25)4-2-14/h2-11,13H,12H2,1H3;1-10,12H,11H2,(H,27,28,29). The highest BCUT2D eigenvalue weighted by atomic mass is 35.5. The number of hydrogen-bond donors (Lipinski definition) is 1. The molecule has 8 aromatic rings. The first-order chi connectivity index (χ1) is 28.4. The molecule has 0 aliphatic heterocycles. The van der Waals surface area contributed by atoms with Gasteiger partial charge in [0.1, 0.15) is 23.3 Å². The number of H-pyrrole nitrogens is 1. The molecule has 0 unspecified atom stereocenters. The Labute approximate surface area is 356 Å². The molecule has 4 heterocycles. The van der Waals surface area contributed by atoms with Gasteiger partial charge in [-0.15, -0.1) is 0 Å². The van der Waals surface area contributed by atoms with Gasteiger partial charge in [0, 0.05) is 75.9 Å². The van der Waals surface area contributed by atoms with Crippen LogP contribution in [0, 0.1) is 11.6 Å². The molecule has 1 N–H and O–H groups in total. The van der Waals surface area contributed by atoms with Crippen LogP contribution in [0.25, 0.3) is 44.8 Å². The van der Waals surface area contributed by atoms with Crippen molar-refractivity contribution in [2.24, 2.45) is 7.05 Å². The summed E-state index contributed by atoms with van der Waals surface area (Å²) >= 11 is 24.4. The predicted molar refractivity (Wildman–Crippen MR) is 230 cm³/mol. The third-order valence-electron chi connectivity index (χ3n) is 9.10. The molecule has 59 heavy (non-hydrogen) atoms. The fourth-order valence-corrected chi connectivity index (χ4v) is 7.55. The Balaban J connectivity index is 0.000000179. The minimum Gasteiger partial charge on any atom is -0.310 e. The van der Waals surface area contributed by atoms with Crippen LogP contribution in [0.4, 0.5) is 8.78 Å². The Hall–Kier alpha value is -6.04. The van der Waals surface area contributed by atoms with Gasteiger partial charge < -0.3 is 4.98 Å². The Morgan fingerprint density at radius 2 is 0.966 bits per heavy atom. The van der Waals surface area contributed by atoms with Crippen LogP contribution in [0.3, 0.4) is 0 Å². The number of nitrogens with one attached hydrogen (secondary N) is 1. The Morgan fingerprint density at radius 1 is 0.542 bits per heavy atom. The van der Waals surface area contributed by atoms with Gasteiger partial charge in [-0.3, -0.25) is 24.1 Å². The highest BCUT2D eigenvalue weighted by Crippen LogP contribution is 2.30. The summed E-state index contributed by atoms with van der Waals surface area (Å²) < 4.78 is 28.3. The van der Waals surface area contributed by atoms with Crippen LogP contribution in [-0.2, 0) is 19.9 Å². The van der Waals surface area contributed by atoms with Crippen LogP contribution in [0.2, 0.25) is 20.1 Å². The van der Waals surface area contributed by atoms with E-state index in [1.807, 2.05) is 0 Å². The topological polar surface area (TPSA) is 106 Å². The number of hydrogen-bond acceptors (Lipinski definition) is 6. The van der Waals surface area contributed by atoms with E-state index < -0.39 is 0 Å². The van der Waals surface area contributed by atoms with Gasteiger partial charge in [-0.2, -0.15) is 0 Å². The summed E-state index contributed by atoms with van der Waals surface area (Å²) in [6, 6.07) is 29.1. The van der Waals surface area contributed by atoms with Crippen LogP contribution >= 0.6 is 46.4 Å². The van der Waals surface area contributed by atoms with Crippen molar-refractivity contribution in [1.82, 2.24) is 29.5 Å². The van der Waals surface area contributed by atoms with E-state index in [1.54, 1.807) is 117 Å². The Kier molecular flexibility index (Phi) is 12.7. The van der Waals surface area contributed by atoms with Crippen molar-refractivity contribution < 1.29 is 8.78 Å². The van der Waals surface area contributed by atoms with Gasteiger partial charge in [0.2, 0.25) is 0 Å². The summed E-state index contributed by atoms with van der Waals surface area (Å²) in [6.07, 6.45) is 7.25. The molecule has 0 aliphatic carbocycles. The minimum absolute atomic E-state index is 0.230. The molecule has 14 heteroatoms. The van der Waals surface area contributed by atoms with E-state index in [1.165, 1.54) is 28.8 Å². The van der Waals surface area contributed by atoms with Gasteiger partial charge in [-0.25, -0.2) is 18.7 Å². The number of nitrogens with zero attached hydrogens (tertiary/aromatic N) is 5. The van der Waals surface area contributed by atoms with Crippen molar-refractivity contribution in [1.29, 1.82) is 0 Å². The number of aromatic amines is 1. The molecule has 8 nitrogen and oxygen atoms in total. The first-order valence-corrected chi connectivity index (χ1v) is 19.4. The van der Waals surface area contributed by atoms with Gasteiger partial charge in [-0.05, 0) is 107 Å². The quantitative estimate of drug-likeness (QED) is 0.163. The second-order valence-electron chi connectivity index (χ2n) is 13.2. The van der Waals surface area contributed by atoms with Crippen LogP contribution < -0.4 is 11.1 Å². The summed E-state index contributed by atoms with van der Waals surface area (Å²) in [4.78, 5) is 46.7. The van der Waals surface area contributed by atoms with Crippen molar-refractivity contribution in [2.45, 2.75) is 12.8 Å². The maximum Gasteiger partial charge on any atom is 0.261 e. The average molecular weight is 867 g/mol. The SMILES string of the molecule is Cn1c(Cc2cc(Cl)cc(Cl)c2)nc(-c2ccncc2)c(-c2ccc(F)cc2)c1=O.O=c1[nH]c(Cc2cc(Cl)cc(Cl)c2)nc(-c2ccncc2)c1-c1ccc(F)cc1. The minimum atomic E-state index is -0.377. The van der Waals surface area contributed by atoms with Crippen molar-refractivity contribution in [3.63, 3.8) is 0 Å². The first kappa shape index (κ1) is 41.1. The van der Waals surface area contributed by atoms with Crippen molar-refractivity contribution in [2.75, 3.05) is 0 Å². The first-order valence-electron chi connectivity index (χ1n) is 17.9. The summed E-state index contributed by atoms with van der Waals surface area (Å²) in [7, 11) is 1.67. The molecule has 4 aromatic heterocycles. The number of benzene rings is 4. The number of halogens is 6. The predicted octanol–water partition coefficient (Wildman–Crippen LogP) is 11.1. The van der Waals surface area contributed by atoms with Crippen LogP contribution in [0.15, 0.2) is 144 Å². The van der Waals surface area contributed by atoms with E-state index in [0.29, 0.717) is 78.2 Å². The third kappa shape index (κ3) is 9.99. The summed E-state index contributed by atoms with van der Waals surface area (Å²) in [5.41, 5.74) is 5.52. The van der Waals surface area contributed by atoms with Crippen molar-refractivity contribution in [3.05, 3.63) is 209 Å². The zero-order valence-electron chi connectivity index (χ0n) is 30.9. The van der Waals surface area contributed by atoms with E-state index in [9.17, 15) is 18.4 Å². The fourth-order valence-electron chi connectivity index (χ4n) is 6.41. The normalized spacial score (nSPS) is 10.9. The molecule has 0 saturated carbocycles. The Morgan fingerprint density at radius 3 is 1.44 bits per heavy atom. The van der Waals surface area contributed by atoms with E-state index in [2.05, 4.69) is 15.0 Å². The third-order valence-corrected chi connectivity index (χ3v) is 9.98. The molecule has 0 saturated heterocycles. The molecule has 4 aromatic carbocycles. The molecule has 294 valence electrons. The summed E-state index contributed by atoms with van der Waals surface area (Å²) in [5, 5.41) is 2.04. The number of aromatic nitrogens is 6. The zero-order chi connectivity index (χ0) is 41.6. The van der Waals surface area contributed by atoms with E-state index in [0.717, 1.165) is 22.3 Å². The second kappa shape index (κ2) is 18.3. The van der Waals surface area contributed by atoms with E-state index >= 15 is 0 Å². The monoisotopic (exact) mass is 864 g/mol. The smallest absolute Gasteiger partial charge is 0.261 e. The lowest BCUT2D eigenvalue weighted by atomic mass is 10.0. The Bertz CT molecular complexity index is 2860. The van der Waals surface area contributed by atoms with Crippen molar-refractivity contribution >= 4 is 46.4 Å². The van der Waals surface area contributed by atoms with E-state index in [-0.39, 0.29) is 22.8 Å². The highest BCUT2D eigenvalue weighted by Gasteiger charge is 2.19. The molecule has 0 bridgehead atoms. The zero-order valence-corrected chi connectivity index (χ0v) is 34.0. The average Bonchev–Trinajstić information content (AvgIpc) is 3.20. The van der Waals surface area contributed by atoms with Gasteiger partial charge in [0.15, 0.2) is 0 Å². The summed E-state index contributed by atoms with van der Waals surface area (Å²) in [5.74, 6) is 0.267. The highest BCUT2D eigenvalue weighted by molar-refractivity contribution is 6.35. The molecule has 0 fully saturated rings. The van der Waals surface area contributed by atoms with Crippen LogP contribution in [-0.4, -0.2) is 29.5 Å². The maximum absolute atomic E-state index is 13.4. The molecule has 0 atom stereocenters. The molecular weight excluding hydrogens is 836 g/mol. The molecule has 0 amide bonds. The lowest BCUT2D eigenvalue weighted by Gasteiger charge is -2.15. The second-order valence-corrected chi connectivity index (χ2v) is 15.0. The van der Waals surface area contributed by atoms with Crippen molar-refractivity contribution in [3.8, 4) is 44.8 Å². The number of pyridine rings is 2. The van der Waals surface area contributed by atoms with Gasteiger partial charge in [0.05, 0.1) is 22.5 Å². The maximum atomic E-state index is 13.4.